The second-order valence-electron chi connectivity index (χ2n) is 8.87. The van der Waals surface area contributed by atoms with E-state index >= 15 is 0 Å². The van der Waals surface area contributed by atoms with Crippen LogP contribution in [0.2, 0.25) is 0 Å². The number of likely N-dealkylation sites (tertiary alicyclic amines) is 1. The molecule has 3 aromatic rings. The third-order valence-corrected chi connectivity index (χ3v) is 6.45. The minimum atomic E-state index is -0.198. The molecule has 0 atom stereocenters. The second kappa shape index (κ2) is 11.1. The maximum absolute atomic E-state index is 13.5. The van der Waals surface area contributed by atoms with Gasteiger partial charge in [-0.1, -0.05) is 18.6 Å². The van der Waals surface area contributed by atoms with Crippen LogP contribution in [0.1, 0.15) is 47.3 Å². The number of benzene rings is 1. The van der Waals surface area contributed by atoms with E-state index in [1.165, 1.54) is 6.42 Å². The summed E-state index contributed by atoms with van der Waals surface area (Å²) in [7, 11) is 0. The van der Waals surface area contributed by atoms with Gasteiger partial charge in [-0.3, -0.25) is 19.5 Å². The highest BCUT2D eigenvalue weighted by atomic mass is 16.2. The fraction of sp³-hybridized carbons (Fsp3) is 0.370. The van der Waals surface area contributed by atoms with Crippen molar-refractivity contribution in [3.05, 3.63) is 64.8 Å². The van der Waals surface area contributed by atoms with E-state index in [1.807, 2.05) is 29.7 Å². The number of Topliss-reactive ketones (excluding diaryl/α,β-unsaturated/α-hetero) is 1. The van der Waals surface area contributed by atoms with Gasteiger partial charge in [-0.2, -0.15) is 0 Å². The number of aromatic nitrogens is 2. The van der Waals surface area contributed by atoms with E-state index in [0.29, 0.717) is 36.0 Å². The largest absolute Gasteiger partial charge is 0.349 e. The predicted octanol–water partition coefficient (Wildman–Crippen LogP) is 3.80. The lowest BCUT2D eigenvalue weighted by molar-refractivity contribution is -0.122. The first-order valence-corrected chi connectivity index (χ1v) is 12.0. The van der Waals surface area contributed by atoms with Crippen LogP contribution in [0.4, 0.5) is 5.69 Å². The smallest absolute Gasteiger partial charge is 0.220 e. The molecule has 1 amide bonds. The SMILES string of the molecule is [C-]#[N+]c1ccc(-n2c(C)c(C(=O)CN3CCCCC3)c3ncc(CCC(=O)NCC=O)cc32)cc1. The maximum Gasteiger partial charge on any atom is 0.220 e. The van der Waals surface area contributed by atoms with Crippen LogP contribution in [0.15, 0.2) is 36.5 Å². The molecule has 1 aliphatic rings. The number of nitrogens with one attached hydrogen (secondary N) is 1. The van der Waals surface area contributed by atoms with Crippen molar-refractivity contribution in [1.29, 1.82) is 0 Å². The normalized spacial score (nSPS) is 13.9. The summed E-state index contributed by atoms with van der Waals surface area (Å²) in [6, 6.07) is 9.24. The minimum absolute atomic E-state index is 0.00124. The Kier molecular flexibility index (Phi) is 7.68. The van der Waals surface area contributed by atoms with Crippen molar-refractivity contribution in [3.8, 4) is 5.69 Å². The van der Waals surface area contributed by atoms with E-state index in [0.717, 1.165) is 48.4 Å². The third-order valence-electron chi connectivity index (χ3n) is 6.45. The molecule has 4 rings (SSSR count). The van der Waals surface area contributed by atoms with Gasteiger partial charge in [0.15, 0.2) is 11.5 Å². The molecule has 1 aromatic carbocycles. The van der Waals surface area contributed by atoms with E-state index < -0.39 is 0 Å². The predicted molar refractivity (Wildman–Crippen MR) is 134 cm³/mol. The number of aryl methyl sites for hydroxylation is 1. The molecule has 0 bridgehead atoms. The molecule has 0 spiro atoms. The summed E-state index contributed by atoms with van der Waals surface area (Å²) < 4.78 is 2.01. The van der Waals surface area contributed by atoms with Gasteiger partial charge in [-0.15, -0.1) is 0 Å². The lowest BCUT2D eigenvalue weighted by Crippen LogP contribution is -2.34. The first kappa shape index (κ1) is 24.3. The first-order valence-electron chi connectivity index (χ1n) is 12.0. The molecule has 8 heteroatoms. The fourth-order valence-corrected chi connectivity index (χ4v) is 4.70. The van der Waals surface area contributed by atoms with Crippen LogP contribution >= 0.6 is 0 Å². The summed E-state index contributed by atoms with van der Waals surface area (Å²) in [6.45, 7) is 11.4. The molecule has 0 unspecified atom stereocenters. The molecule has 35 heavy (non-hydrogen) atoms. The van der Waals surface area contributed by atoms with Crippen LogP contribution in [0.25, 0.3) is 21.6 Å². The third kappa shape index (κ3) is 5.47. The number of rotatable bonds is 9. The number of carbonyl (C=O) groups is 3. The van der Waals surface area contributed by atoms with Crippen molar-refractivity contribution in [3.63, 3.8) is 0 Å². The lowest BCUT2D eigenvalue weighted by atomic mass is 10.1. The number of aldehydes is 1. The van der Waals surface area contributed by atoms with Crippen molar-refractivity contribution in [1.82, 2.24) is 19.8 Å². The number of ketones is 1. The zero-order valence-electron chi connectivity index (χ0n) is 19.9. The van der Waals surface area contributed by atoms with Crippen molar-refractivity contribution < 1.29 is 14.4 Å². The summed E-state index contributed by atoms with van der Waals surface area (Å²) in [6.07, 6.45) is 6.52. The quantitative estimate of drug-likeness (QED) is 0.291. The van der Waals surface area contributed by atoms with Crippen LogP contribution in [0.5, 0.6) is 0 Å². The number of pyridine rings is 1. The Bertz CT molecular complexity index is 1280. The van der Waals surface area contributed by atoms with Gasteiger partial charge in [0.05, 0.1) is 36.3 Å². The molecule has 0 saturated carbocycles. The number of piperidine rings is 1. The number of amides is 1. The van der Waals surface area contributed by atoms with Gasteiger partial charge in [0.2, 0.25) is 5.91 Å². The second-order valence-corrected chi connectivity index (χ2v) is 8.87. The van der Waals surface area contributed by atoms with Crippen molar-refractivity contribution in [2.45, 2.75) is 39.0 Å². The highest BCUT2D eigenvalue weighted by Crippen LogP contribution is 2.30. The van der Waals surface area contributed by atoms with Crippen molar-refractivity contribution in [2.75, 3.05) is 26.2 Å². The maximum atomic E-state index is 13.5. The molecule has 0 aliphatic carbocycles. The molecule has 0 radical (unpaired) electrons. The molecule has 1 aliphatic heterocycles. The Morgan fingerprint density at radius 1 is 1.17 bits per heavy atom. The highest BCUT2D eigenvalue weighted by molar-refractivity contribution is 6.09. The summed E-state index contributed by atoms with van der Waals surface area (Å²) in [5.74, 6) is -0.143. The Morgan fingerprint density at radius 2 is 1.91 bits per heavy atom. The summed E-state index contributed by atoms with van der Waals surface area (Å²) >= 11 is 0. The Morgan fingerprint density at radius 3 is 2.60 bits per heavy atom. The minimum Gasteiger partial charge on any atom is -0.349 e. The zero-order chi connectivity index (χ0) is 24.8. The van der Waals surface area contributed by atoms with Gasteiger partial charge in [0, 0.05) is 24.0 Å². The summed E-state index contributed by atoms with van der Waals surface area (Å²) in [4.78, 5) is 46.3. The van der Waals surface area contributed by atoms with E-state index in [2.05, 4.69) is 20.0 Å². The van der Waals surface area contributed by atoms with Crippen LogP contribution < -0.4 is 5.32 Å². The highest BCUT2D eigenvalue weighted by Gasteiger charge is 2.24. The Labute approximate surface area is 204 Å². The number of carbonyl (C=O) groups excluding carboxylic acids is 3. The molecule has 180 valence electrons. The average molecular weight is 472 g/mol. The number of hydrogen-bond donors (Lipinski definition) is 1. The number of hydrogen-bond acceptors (Lipinski definition) is 5. The van der Waals surface area contributed by atoms with Crippen LogP contribution in [0.3, 0.4) is 0 Å². The van der Waals surface area contributed by atoms with Crippen LogP contribution in [-0.4, -0.2) is 58.6 Å². The molecule has 1 N–H and O–H groups in total. The van der Waals surface area contributed by atoms with Crippen molar-refractivity contribution in [2.24, 2.45) is 0 Å². The van der Waals surface area contributed by atoms with E-state index in [4.69, 9.17) is 6.57 Å². The Hall–Kier alpha value is -3.83. The monoisotopic (exact) mass is 471 g/mol. The topological polar surface area (TPSA) is 88.7 Å². The molecule has 3 heterocycles. The van der Waals surface area contributed by atoms with Gasteiger partial charge < -0.3 is 14.7 Å². The standard InChI is InChI=1S/C27H29N5O3/c1-19-26(24(34)18-31-13-4-3-5-14-31)27-23(32(19)22-9-7-21(28-2)8-10-22)16-20(17-30-27)6-11-25(35)29-12-15-33/h7-10,15-17H,3-6,11-14,18H2,1H3,(H,29,35). The van der Waals surface area contributed by atoms with Crippen LogP contribution in [-0.2, 0) is 16.0 Å². The van der Waals surface area contributed by atoms with E-state index in [9.17, 15) is 14.4 Å². The van der Waals surface area contributed by atoms with E-state index in [1.54, 1.807) is 18.3 Å². The molecule has 2 aromatic heterocycles. The Balaban J connectivity index is 1.72. The van der Waals surface area contributed by atoms with Gasteiger partial charge in [0.25, 0.3) is 0 Å². The fourth-order valence-electron chi connectivity index (χ4n) is 4.70. The molecular formula is C27H29N5O3. The molecular weight excluding hydrogens is 442 g/mol. The van der Waals surface area contributed by atoms with E-state index in [-0.39, 0.29) is 24.7 Å². The van der Waals surface area contributed by atoms with Gasteiger partial charge in [0.1, 0.15) is 6.29 Å². The summed E-state index contributed by atoms with van der Waals surface area (Å²) in [5.41, 5.74) is 5.13. The van der Waals surface area contributed by atoms with Gasteiger partial charge >= 0.3 is 0 Å². The number of fused-ring (bicyclic) bond motifs is 1. The first-order chi connectivity index (χ1) is 17.0. The van der Waals surface area contributed by atoms with Crippen molar-refractivity contribution >= 4 is 34.7 Å². The summed E-state index contributed by atoms with van der Waals surface area (Å²) in [5, 5.41) is 2.55. The zero-order valence-corrected chi connectivity index (χ0v) is 19.9. The number of nitrogens with zero attached hydrogens (tertiary/aromatic N) is 4. The molecule has 1 saturated heterocycles. The average Bonchev–Trinajstić information content (AvgIpc) is 3.17. The lowest BCUT2D eigenvalue weighted by Gasteiger charge is -2.25. The van der Waals surface area contributed by atoms with Crippen LogP contribution in [0, 0.1) is 13.5 Å². The van der Waals surface area contributed by atoms with Gasteiger partial charge in [-0.05, 0) is 63.0 Å². The molecule has 1 fully saturated rings. The van der Waals surface area contributed by atoms with Gasteiger partial charge in [-0.25, -0.2) is 4.85 Å². The molecule has 8 nitrogen and oxygen atoms in total.